The predicted octanol–water partition coefficient (Wildman–Crippen LogP) is 4.28. The molecule has 0 aliphatic carbocycles. The third-order valence-electron chi connectivity index (χ3n) is 5.87. The van der Waals surface area contributed by atoms with Crippen LogP contribution in [-0.4, -0.2) is 34.5 Å². The zero-order valence-electron chi connectivity index (χ0n) is 20.2. The van der Waals surface area contributed by atoms with Crippen LogP contribution >= 0.6 is 0 Å². The van der Waals surface area contributed by atoms with Gasteiger partial charge < -0.3 is 19.9 Å². The summed E-state index contributed by atoms with van der Waals surface area (Å²) in [4.78, 5) is 29.9. The Bertz CT molecular complexity index is 1300. The van der Waals surface area contributed by atoms with E-state index in [0.29, 0.717) is 18.6 Å². The van der Waals surface area contributed by atoms with Crippen molar-refractivity contribution < 1.29 is 14.3 Å². The molecule has 0 aliphatic heterocycles. The number of amides is 2. The molecule has 1 aromatic heterocycles. The Morgan fingerprint density at radius 3 is 2.40 bits per heavy atom. The third-order valence-corrected chi connectivity index (χ3v) is 5.87. The van der Waals surface area contributed by atoms with Gasteiger partial charge >= 0.3 is 0 Å². The maximum Gasteiger partial charge on any atom is 0.252 e. The molecule has 0 bridgehead atoms. The van der Waals surface area contributed by atoms with E-state index in [-0.39, 0.29) is 17.9 Å². The van der Waals surface area contributed by atoms with Gasteiger partial charge in [0.05, 0.1) is 17.4 Å². The Balaban J connectivity index is 1.42. The van der Waals surface area contributed by atoms with Gasteiger partial charge in [0.2, 0.25) is 5.91 Å². The minimum atomic E-state index is -0.715. The van der Waals surface area contributed by atoms with Crippen molar-refractivity contribution in [2.24, 2.45) is 0 Å². The second-order valence-corrected chi connectivity index (χ2v) is 8.71. The number of hydrogen-bond acceptors (Lipinski definition) is 4. The lowest BCUT2D eigenvalue weighted by Crippen LogP contribution is -2.47. The number of fused-ring (bicyclic) bond motifs is 1. The van der Waals surface area contributed by atoms with Crippen molar-refractivity contribution in [1.29, 1.82) is 0 Å². The maximum absolute atomic E-state index is 13.0. The SMILES string of the molecule is CNC(=O)C(Cc1ccc(OCc2ccccc2)cc1)NC(=O)c1ccc2c(c1)ncn2C(C)C. The number of hydrogen-bond donors (Lipinski definition) is 2. The highest BCUT2D eigenvalue weighted by molar-refractivity contribution is 5.99. The molecular formula is C28H30N4O3. The minimum Gasteiger partial charge on any atom is -0.489 e. The fraction of sp³-hybridized carbons (Fsp3) is 0.250. The first kappa shape index (κ1) is 24.0. The maximum atomic E-state index is 13.0. The molecule has 35 heavy (non-hydrogen) atoms. The third kappa shape index (κ3) is 5.87. The summed E-state index contributed by atoms with van der Waals surface area (Å²) in [6.07, 6.45) is 2.13. The van der Waals surface area contributed by atoms with Crippen molar-refractivity contribution in [2.75, 3.05) is 7.05 Å². The first-order valence-corrected chi connectivity index (χ1v) is 11.7. The summed E-state index contributed by atoms with van der Waals surface area (Å²) in [5, 5.41) is 5.51. The van der Waals surface area contributed by atoms with E-state index < -0.39 is 6.04 Å². The molecule has 0 aliphatic rings. The van der Waals surface area contributed by atoms with Gasteiger partial charge in [-0.2, -0.15) is 0 Å². The fourth-order valence-electron chi connectivity index (χ4n) is 3.91. The zero-order chi connectivity index (χ0) is 24.8. The van der Waals surface area contributed by atoms with Gasteiger partial charge in [0, 0.05) is 25.1 Å². The smallest absolute Gasteiger partial charge is 0.252 e. The number of benzene rings is 3. The molecule has 1 unspecified atom stereocenters. The summed E-state index contributed by atoms with van der Waals surface area (Å²) in [5.41, 5.74) is 4.18. The summed E-state index contributed by atoms with van der Waals surface area (Å²) in [6.45, 7) is 4.64. The lowest BCUT2D eigenvalue weighted by Gasteiger charge is -2.18. The van der Waals surface area contributed by atoms with Gasteiger partial charge in [0.25, 0.3) is 5.91 Å². The molecule has 3 aromatic carbocycles. The second kappa shape index (κ2) is 10.9. The predicted molar refractivity (Wildman–Crippen MR) is 136 cm³/mol. The van der Waals surface area contributed by atoms with E-state index in [4.69, 9.17) is 4.74 Å². The molecule has 0 radical (unpaired) electrons. The van der Waals surface area contributed by atoms with Gasteiger partial charge in [-0.15, -0.1) is 0 Å². The molecule has 0 saturated heterocycles. The highest BCUT2D eigenvalue weighted by Crippen LogP contribution is 2.19. The molecule has 2 amide bonds. The number of carbonyl (C=O) groups is 2. The molecule has 0 saturated carbocycles. The molecule has 4 aromatic rings. The molecule has 4 rings (SSSR count). The molecule has 7 heteroatoms. The van der Waals surface area contributed by atoms with Crippen LogP contribution < -0.4 is 15.4 Å². The lowest BCUT2D eigenvalue weighted by molar-refractivity contribution is -0.122. The lowest BCUT2D eigenvalue weighted by atomic mass is 10.0. The van der Waals surface area contributed by atoms with E-state index in [1.54, 1.807) is 25.5 Å². The van der Waals surface area contributed by atoms with Crippen LogP contribution in [0.5, 0.6) is 5.75 Å². The number of imidazole rings is 1. The number of nitrogens with zero attached hydrogens (tertiary/aromatic N) is 2. The first-order valence-electron chi connectivity index (χ1n) is 11.7. The fourth-order valence-corrected chi connectivity index (χ4v) is 3.91. The molecule has 1 heterocycles. The summed E-state index contributed by atoms with van der Waals surface area (Å²) >= 11 is 0. The molecule has 180 valence electrons. The van der Waals surface area contributed by atoms with Gasteiger partial charge in [-0.3, -0.25) is 9.59 Å². The number of rotatable bonds is 9. The van der Waals surface area contributed by atoms with Gasteiger partial charge in [-0.05, 0) is 55.3 Å². The van der Waals surface area contributed by atoms with Crippen molar-refractivity contribution >= 4 is 22.8 Å². The standard InChI is InChI=1S/C28H30N4O3/c1-19(2)32-18-30-24-16-22(11-14-26(24)32)27(33)31-25(28(34)29-3)15-20-9-12-23(13-10-20)35-17-21-7-5-4-6-8-21/h4-14,16,18-19,25H,15,17H2,1-3H3,(H,29,34)(H,31,33). The Labute approximate surface area is 205 Å². The van der Waals surface area contributed by atoms with Crippen LogP contribution in [0.15, 0.2) is 79.1 Å². The number of aromatic nitrogens is 2. The first-order chi connectivity index (χ1) is 16.9. The Kier molecular flexibility index (Phi) is 7.45. The van der Waals surface area contributed by atoms with E-state index in [1.807, 2.05) is 60.7 Å². The van der Waals surface area contributed by atoms with Crippen LogP contribution in [0.1, 0.15) is 41.4 Å². The Morgan fingerprint density at radius 1 is 0.971 bits per heavy atom. The monoisotopic (exact) mass is 470 g/mol. The van der Waals surface area contributed by atoms with E-state index >= 15 is 0 Å². The normalized spacial score (nSPS) is 11.9. The van der Waals surface area contributed by atoms with Gasteiger partial charge in [-0.25, -0.2) is 4.98 Å². The number of likely N-dealkylation sites (N-methyl/N-ethyl adjacent to an activating group) is 1. The van der Waals surface area contributed by atoms with E-state index in [0.717, 1.165) is 27.9 Å². The van der Waals surface area contributed by atoms with Crippen molar-refractivity contribution in [2.45, 2.75) is 39.0 Å². The topological polar surface area (TPSA) is 85.2 Å². The molecule has 2 N–H and O–H groups in total. The van der Waals surface area contributed by atoms with E-state index in [1.165, 1.54) is 0 Å². The van der Waals surface area contributed by atoms with Crippen LogP contribution in [0.3, 0.4) is 0 Å². The molecular weight excluding hydrogens is 440 g/mol. The van der Waals surface area contributed by atoms with Gasteiger partial charge in [0.1, 0.15) is 18.4 Å². The van der Waals surface area contributed by atoms with Crippen LogP contribution in [-0.2, 0) is 17.8 Å². The minimum absolute atomic E-state index is 0.257. The number of nitrogens with one attached hydrogen (secondary N) is 2. The number of ether oxygens (including phenoxy) is 1. The van der Waals surface area contributed by atoms with E-state index in [9.17, 15) is 9.59 Å². The summed E-state index contributed by atoms with van der Waals surface area (Å²) in [7, 11) is 1.56. The molecule has 0 fully saturated rings. The number of carbonyl (C=O) groups excluding carboxylic acids is 2. The van der Waals surface area contributed by atoms with E-state index in [2.05, 4.69) is 34.0 Å². The Hall–Kier alpha value is -4.13. The van der Waals surface area contributed by atoms with Crippen LogP contribution in [0.2, 0.25) is 0 Å². The molecule has 7 nitrogen and oxygen atoms in total. The largest absolute Gasteiger partial charge is 0.489 e. The molecule has 0 spiro atoms. The summed E-state index contributed by atoms with van der Waals surface area (Å²) in [5.74, 6) is 0.169. The average Bonchev–Trinajstić information content (AvgIpc) is 3.31. The second-order valence-electron chi connectivity index (χ2n) is 8.71. The highest BCUT2D eigenvalue weighted by Gasteiger charge is 2.21. The summed E-state index contributed by atoms with van der Waals surface area (Å²) in [6, 6.07) is 22.5. The van der Waals surface area contributed by atoms with Gasteiger partial charge in [0.15, 0.2) is 0 Å². The Morgan fingerprint density at radius 2 is 1.71 bits per heavy atom. The highest BCUT2D eigenvalue weighted by atomic mass is 16.5. The van der Waals surface area contributed by atoms with Crippen LogP contribution in [0, 0.1) is 0 Å². The van der Waals surface area contributed by atoms with Crippen LogP contribution in [0.4, 0.5) is 0 Å². The molecule has 1 atom stereocenters. The van der Waals surface area contributed by atoms with Crippen molar-refractivity contribution in [3.63, 3.8) is 0 Å². The quantitative estimate of drug-likeness (QED) is 0.382. The van der Waals surface area contributed by atoms with Gasteiger partial charge in [-0.1, -0.05) is 42.5 Å². The van der Waals surface area contributed by atoms with Crippen molar-refractivity contribution in [1.82, 2.24) is 20.2 Å². The average molecular weight is 471 g/mol. The zero-order valence-corrected chi connectivity index (χ0v) is 20.2. The summed E-state index contributed by atoms with van der Waals surface area (Å²) < 4.78 is 7.89. The van der Waals surface area contributed by atoms with Crippen LogP contribution in [0.25, 0.3) is 11.0 Å². The van der Waals surface area contributed by atoms with Crippen molar-refractivity contribution in [3.05, 3.63) is 95.8 Å². The van der Waals surface area contributed by atoms with Crippen molar-refractivity contribution in [3.8, 4) is 5.75 Å².